The van der Waals surface area contributed by atoms with Crippen LogP contribution in [0.15, 0.2) is 23.3 Å². The lowest BCUT2D eigenvalue weighted by molar-refractivity contribution is 0.625. The van der Waals surface area contributed by atoms with Crippen LogP contribution in [0.4, 0.5) is 4.39 Å². The normalized spacial score (nSPS) is 10.5. The Bertz CT molecular complexity index is 361. The van der Waals surface area contributed by atoms with Gasteiger partial charge in [0.25, 0.3) is 0 Å². The Morgan fingerprint density at radius 3 is 2.69 bits per heavy atom. The molecule has 0 amide bonds. The maximum absolute atomic E-state index is 13.2. The fourth-order valence-corrected chi connectivity index (χ4v) is 1.57. The van der Waals surface area contributed by atoms with Crippen molar-refractivity contribution in [3.05, 3.63) is 35.1 Å². The molecule has 0 spiro atoms. The summed E-state index contributed by atoms with van der Waals surface area (Å²) in [6.45, 7) is 5.87. The second-order valence-corrected chi connectivity index (χ2v) is 4.57. The molecule has 0 atom stereocenters. The molecule has 1 aromatic carbocycles. The van der Waals surface area contributed by atoms with Crippen LogP contribution >= 0.6 is 41.9 Å². The minimum Gasteiger partial charge on any atom is -0.241 e. The van der Waals surface area contributed by atoms with Gasteiger partial charge in [0.15, 0.2) is 5.17 Å². The van der Waals surface area contributed by atoms with E-state index in [4.69, 9.17) is 11.6 Å². The second kappa shape index (κ2) is 9.07. The third-order valence-electron chi connectivity index (χ3n) is 1.52. The van der Waals surface area contributed by atoms with Gasteiger partial charge in [0.05, 0.1) is 0 Å². The van der Waals surface area contributed by atoms with Crippen molar-refractivity contribution in [2.45, 2.75) is 20.8 Å². The minimum atomic E-state index is -0.371. The Morgan fingerprint density at radius 1 is 1.50 bits per heavy atom. The van der Waals surface area contributed by atoms with Gasteiger partial charge >= 0.3 is 0 Å². The van der Waals surface area contributed by atoms with Crippen molar-refractivity contribution in [2.24, 2.45) is 5.10 Å². The van der Waals surface area contributed by atoms with Gasteiger partial charge < -0.3 is 0 Å². The van der Waals surface area contributed by atoms with Crippen molar-refractivity contribution in [3.63, 3.8) is 0 Å². The summed E-state index contributed by atoms with van der Waals surface area (Å²) >= 11 is 7.79. The Balaban J connectivity index is 0.00000106. The van der Waals surface area contributed by atoms with E-state index in [1.807, 2.05) is 42.0 Å². The van der Waals surface area contributed by atoms with Crippen molar-refractivity contribution < 1.29 is 4.39 Å². The van der Waals surface area contributed by atoms with E-state index in [9.17, 15) is 4.39 Å². The summed E-state index contributed by atoms with van der Waals surface area (Å²) in [5, 5.41) is 3.88. The molecule has 0 radical (unpaired) electrons. The van der Waals surface area contributed by atoms with Crippen molar-refractivity contribution >= 4 is 47.1 Å². The fourth-order valence-electron chi connectivity index (χ4n) is 0.915. The first-order valence-electron chi connectivity index (χ1n) is 4.67. The summed E-state index contributed by atoms with van der Waals surface area (Å²) in [4.78, 5) is 2.59. The smallest absolute Gasteiger partial charge is 0.160 e. The molecule has 1 aromatic rings. The Hall–Kier alpha value is -0.0100. The summed E-state index contributed by atoms with van der Waals surface area (Å²) in [6, 6.07) is 4.71. The molecule has 2 nitrogen and oxygen atoms in total. The van der Waals surface area contributed by atoms with E-state index >= 15 is 0 Å². The molecule has 1 rings (SSSR count). The average Bonchev–Trinajstić information content (AvgIpc) is 2.31. The van der Waals surface area contributed by atoms with Crippen LogP contribution in [0, 0.1) is 12.7 Å². The zero-order chi connectivity index (χ0) is 12.6. The number of halogens is 3. The summed E-state index contributed by atoms with van der Waals surface area (Å²) < 4.78 is 13.2. The molecule has 0 aliphatic heterocycles. The molecular formula is C10H13ClFIN2S. The number of benzene rings is 1. The SMILES string of the molecule is CC.Cc1ccc(F)c(/C(Cl)=N/NSI)c1. The van der Waals surface area contributed by atoms with Gasteiger partial charge in [0.1, 0.15) is 5.82 Å². The third kappa shape index (κ3) is 5.36. The maximum atomic E-state index is 13.2. The summed E-state index contributed by atoms with van der Waals surface area (Å²) in [5.74, 6) is -0.371. The molecule has 90 valence electrons. The van der Waals surface area contributed by atoms with Crippen molar-refractivity contribution in [2.75, 3.05) is 0 Å². The van der Waals surface area contributed by atoms with E-state index < -0.39 is 0 Å². The van der Waals surface area contributed by atoms with E-state index in [1.165, 1.54) is 15.2 Å². The largest absolute Gasteiger partial charge is 0.241 e. The van der Waals surface area contributed by atoms with Gasteiger partial charge in [-0.25, -0.2) is 9.22 Å². The summed E-state index contributed by atoms with van der Waals surface area (Å²) in [7, 11) is 1.26. The first-order chi connectivity index (χ1) is 7.65. The molecule has 0 heterocycles. The molecule has 1 N–H and O–H groups in total. The minimum absolute atomic E-state index is 0.121. The van der Waals surface area contributed by atoms with E-state index in [-0.39, 0.29) is 11.0 Å². The fraction of sp³-hybridized carbons (Fsp3) is 0.300. The summed E-state index contributed by atoms with van der Waals surface area (Å²) in [5.41, 5.74) is 1.25. The molecule has 6 heteroatoms. The van der Waals surface area contributed by atoms with Gasteiger partial charge in [-0.2, -0.15) is 5.10 Å². The van der Waals surface area contributed by atoms with Gasteiger partial charge in [-0.1, -0.05) is 37.1 Å². The van der Waals surface area contributed by atoms with Crippen LogP contribution in [0.2, 0.25) is 0 Å². The molecule has 0 aliphatic rings. The highest BCUT2D eigenvalue weighted by atomic mass is 127. The number of hydrogen-bond acceptors (Lipinski definition) is 3. The maximum Gasteiger partial charge on any atom is 0.160 e. The number of hydrogen-bond donors (Lipinski definition) is 1. The highest BCUT2D eigenvalue weighted by Crippen LogP contribution is 2.14. The molecule has 0 bridgehead atoms. The number of nitrogens with one attached hydrogen (secondary N) is 1. The van der Waals surface area contributed by atoms with Gasteiger partial charge in [0, 0.05) is 35.9 Å². The molecule has 0 saturated heterocycles. The highest BCUT2D eigenvalue weighted by Gasteiger charge is 2.07. The van der Waals surface area contributed by atoms with Gasteiger partial charge in [-0.3, -0.25) is 0 Å². The Kier molecular flexibility index (Phi) is 9.06. The van der Waals surface area contributed by atoms with Crippen molar-refractivity contribution in [1.29, 1.82) is 0 Å². The zero-order valence-corrected chi connectivity index (χ0v) is 13.0. The number of aryl methyl sites for hydroxylation is 1. The quantitative estimate of drug-likeness (QED) is 0.360. The lowest BCUT2D eigenvalue weighted by Gasteiger charge is -2.01. The van der Waals surface area contributed by atoms with E-state index in [0.29, 0.717) is 5.56 Å². The van der Waals surface area contributed by atoms with Gasteiger partial charge in [-0.05, 0) is 19.1 Å². The molecule has 0 unspecified atom stereocenters. The predicted molar refractivity (Wildman–Crippen MR) is 79.6 cm³/mol. The molecule has 16 heavy (non-hydrogen) atoms. The number of rotatable bonds is 3. The predicted octanol–water partition coefficient (Wildman–Crippen LogP) is 4.65. The standard InChI is InChI=1S/C8H7ClFIN2S.C2H6/c1-5-2-3-7(10)6(4-5)8(9)12-13-14-11;1-2/h2-4,13H,1H3;1-2H3/b12-8-;. The van der Waals surface area contributed by atoms with E-state index in [0.717, 1.165) is 5.56 Å². The van der Waals surface area contributed by atoms with Gasteiger partial charge in [0.2, 0.25) is 0 Å². The van der Waals surface area contributed by atoms with E-state index in [1.54, 1.807) is 12.1 Å². The lowest BCUT2D eigenvalue weighted by atomic mass is 10.1. The Labute approximate surface area is 117 Å². The van der Waals surface area contributed by atoms with Crippen LogP contribution < -0.4 is 4.83 Å². The van der Waals surface area contributed by atoms with Crippen LogP contribution in [-0.4, -0.2) is 5.17 Å². The molecule has 0 aliphatic carbocycles. The van der Waals surface area contributed by atoms with Crippen molar-refractivity contribution in [1.82, 2.24) is 4.83 Å². The van der Waals surface area contributed by atoms with Crippen LogP contribution in [0.5, 0.6) is 0 Å². The van der Waals surface area contributed by atoms with Crippen LogP contribution in [0.25, 0.3) is 0 Å². The number of hydrazone groups is 1. The molecule has 0 fully saturated rings. The van der Waals surface area contributed by atoms with Crippen LogP contribution in [-0.2, 0) is 0 Å². The van der Waals surface area contributed by atoms with Crippen LogP contribution in [0.1, 0.15) is 25.0 Å². The molecule has 0 saturated carbocycles. The monoisotopic (exact) mass is 374 g/mol. The van der Waals surface area contributed by atoms with Crippen molar-refractivity contribution in [3.8, 4) is 0 Å². The molecule has 0 aromatic heterocycles. The number of nitrogens with zero attached hydrogens (tertiary/aromatic N) is 1. The highest BCUT2D eigenvalue weighted by molar-refractivity contribution is 14.2. The zero-order valence-electron chi connectivity index (χ0n) is 9.22. The first-order valence-corrected chi connectivity index (χ1v) is 8.41. The molecular weight excluding hydrogens is 362 g/mol. The first kappa shape index (κ1) is 16.0. The average molecular weight is 375 g/mol. The van der Waals surface area contributed by atoms with Crippen LogP contribution in [0.3, 0.4) is 0 Å². The second-order valence-electron chi connectivity index (χ2n) is 2.55. The van der Waals surface area contributed by atoms with E-state index in [2.05, 4.69) is 9.93 Å². The lowest BCUT2D eigenvalue weighted by Crippen LogP contribution is -2.01. The van der Waals surface area contributed by atoms with Gasteiger partial charge in [-0.15, -0.1) is 0 Å². The topological polar surface area (TPSA) is 24.4 Å². The summed E-state index contributed by atoms with van der Waals surface area (Å²) in [6.07, 6.45) is 0. The Morgan fingerprint density at radius 2 is 2.12 bits per heavy atom. The third-order valence-corrected chi connectivity index (χ3v) is 2.56.